The fourth-order valence-electron chi connectivity index (χ4n) is 1.58. The number of carbonyl (C=O) groups is 2. The first-order chi connectivity index (χ1) is 6.89. The average molecular weight is 224 g/mol. The highest BCUT2D eigenvalue weighted by Crippen LogP contribution is 2.44. The Morgan fingerprint density at radius 1 is 1.33 bits per heavy atom. The maximum absolute atomic E-state index is 11.5. The number of carbonyl (C=O) groups excluding carboxylic acids is 2. The number of thioether (sulfide) groups is 1. The first kappa shape index (κ1) is 10.5. The van der Waals surface area contributed by atoms with Crippen LogP contribution in [0.4, 0.5) is 0 Å². The highest BCUT2D eigenvalue weighted by Gasteiger charge is 2.37. The zero-order valence-corrected chi connectivity index (χ0v) is 9.73. The summed E-state index contributed by atoms with van der Waals surface area (Å²) in [6, 6.07) is 0. The zero-order valence-electron chi connectivity index (χ0n) is 8.92. The molecule has 80 valence electrons. The van der Waals surface area contributed by atoms with Crippen molar-refractivity contribution >= 4 is 22.7 Å². The van der Waals surface area contributed by atoms with Crippen LogP contribution in [0.15, 0.2) is 22.3 Å². The predicted octanol–water partition coefficient (Wildman–Crippen LogP) is 2.04. The van der Waals surface area contributed by atoms with Crippen LogP contribution in [0.1, 0.15) is 20.8 Å². The van der Waals surface area contributed by atoms with Crippen molar-refractivity contribution in [2.75, 3.05) is 6.61 Å². The van der Waals surface area contributed by atoms with Crippen LogP contribution in [0.5, 0.6) is 0 Å². The van der Waals surface area contributed by atoms with Crippen molar-refractivity contribution in [1.29, 1.82) is 0 Å². The van der Waals surface area contributed by atoms with Gasteiger partial charge in [0.25, 0.3) is 0 Å². The van der Waals surface area contributed by atoms with Crippen LogP contribution in [0.25, 0.3) is 0 Å². The molecule has 2 aliphatic rings. The quantitative estimate of drug-likeness (QED) is 0.631. The molecule has 0 fully saturated rings. The Labute approximate surface area is 92.6 Å². The number of allylic oxidation sites excluding steroid dienone is 2. The number of ketones is 1. The van der Waals surface area contributed by atoms with Crippen molar-refractivity contribution in [1.82, 2.24) is 0 Å². The van der Waals surface area contributed by atoms with Gasteiger partial charge in [0, 0.05) is 17.1 Å². The molecule has 15 heavy (non-hydrogen) atoms. The van der Waals surface area contributed by atoms with E-state index >= 15 is 0 Å². The number of Topliss-reactive ketones (excluding diaryl/α,β-unsaturated/α-hetero) is 1. The van der Waals surface area contributed by atoms with Gasteiger partial charge < -0.3 is 4.74 Å². The van der Waals surface area contributed by atoms with Gasteiger partial charge in [-0.05, 0) is 11.8 Å². The van der Waals surface area contributed by atoms with Crippen LogP contribution in [-0.4, -0.2) is 17.5 Å². The zero-order chi connectivity index (χ0) is 11.2. The van der Waals surface area contributed by atoms with Crippen LogP contribution >= 0.6 is 11.8 Å². The van der Waals surface area contributed by atoms with Crippen molar-refractivity contribution in [3.05, 3.63) is 22.3 Å². The molecule has 0 spiro atoms. The van der Waals surface area contributed by atoms with E-state index in [1.165, 1.54) is 6.08 Å². The smallest absolute Gasteiger partial charge is 0.217 e. The highest BCUT2D eigenvalue weighted by atomic mass is 32.2. The van der Waals surface area contributed by atoms with E-state index < -0.39 is 0 Å². The first-order valence-corrected chi connectivity index (χ1v) is 5.56. The summed E-state index contributed by atoms with van der Waals surface area (Å²) in [4.78, 5) is 23.5. The fraction of sp³-hybridized carbons (Fsp3) is 0.455. The molecular formula is C11H12O3S. The molecule has 0 aromatic heterocycles. The lowest BCUT2D eigenvalue weighted by Gasteiger charge is -2.28. The Balaban J connectivity index is 2.53. The second-order valence-corrected chi connectivity index (χ2v) is 5.61. The molecule has 0 saturated heterocycles. The molecule has 0 radical (unpaired) electrons. The molecule has 0 N–H and O–H groups in total. The molecule has 2 rings (SSSR count). The molecule has 0 aromatic rings. The number of fused-ring (bicyclic) bond motifs is 1. The minimum atomic E-state index is -0.174. The van der Waals surface area contributed by atoms with E-state index in [9.17, 15) is 9.59 Å². The van der Waals surface area contributed by atoms with E-state index in [2.05, 4.69) is 0 Å². The number of hydrogen-bond acceptors (Lipinski definition) is 4. The minimum Gasteiger partial charge on any atom is -0.488 e. The van der Waals surface area contributed by atoms with Crippen LogP contribution in [-0.2, 0) is 14.3 Å². The van der Waals surface area contributed by atoms with Crippen LogP contribution < -0.4 is 0 Å². The van der Waals surface area contributed by atoms with Crippen LogP contribution in [0.2, 0.25) is 0 Å². The number of hydrogen-bond donors (Lipinski definition) is 0. The summed E-state index contributed by atoms with van der Waals surface area (Å²) in [5.74, 6) is 0.653. The average Bonchev–Trinajstić information content (AvgIpc) is 2.45. The van der Waals surface area contributed by atoms with E-state index in [0.29, 0.717) is 10.5 Å². The first-order valence-electron chi connectivity index (χ1n) is 4.74. The molecule has 2 aliphatic heterocycles. The van der Waals surface area contributed by atoms with Gasteiger partial charge in [0.15, 0.2) is 6.61 Å². The summed E-state index contributed by atoms with van der Waals surface area (Å²) in [5, 5.41) is -0.0828. The topological polar surface area (TPSA) is 43.4 Å². The normalized spacial score (nSPS) is 21.4. The summed E-state index contributed by atoms with van der Waals surface area (Å²) in [5.41, 5.74) is 0.355. The molecule has 0 aromatic carbocycles. The fourth-order valence-corrected chi connectivity index (χ4v) is 2.70. The Kier molecular flexibility index (Phi) is 2.26. The van der Waals surface area contributed by atoms with E-state index in [1.807, 2.05) is 20.8 Å². The van der Waals surface area contributed by atoms with Crippen molar-refractivity contribution in [3.63, 3.8) is 0 Å². The minimum absolute atomic E-state index is 0.0514. The lowest BCUT2D eigenvalue weighted by atomic mass is 9.90. The largest absolute Gasteiger partial charge is 0.488 e. The second kappa shape index (κ2) is 3.23. The molecule has 0 atom stereocenters. The maximum Gasteiger partial charge on any atom is 0.217 e. The van der Waals surface area contributed by atoms with E-state index in [1.54, 1.807) is 0 Å². The molecule has 0 bridgehead atoms. The molecule has 2 heterocycles. The Morgan fingerprint density at radius 2 is 2.00 bits per heavy atom. The molecule has 0 unspecified atom stereocenters. The predicted molar refractivity (Wildman–Crippen MR) is 58.1 cm³/mol. The van der Waals surface area contributed by atoms with E-state index in [0.717, 1.165) is 17.5 Å². The summed E-state index contributed by atoms with van der Waals surface area (Å²) >= 11 is 1.09. The maximum atomic E-state index is 11.5. The van der Waals surface area contributed by atoms with E-state index in [4.69, 9.17) is 4.74 Å². The lowest BCUT2D eigenvalue weighted by molar-refractivity contribution is -0.120. The summed E-state index contributed by atoms with van der Waals surface area (Å²) in [6.45, 7) is 6.07. The van der Waals surface area contributed by atoms with Gasteiger partial charge in [0.05, 0.1) is 4.91 Å². The summed E-state index contributed by atoms with van der Waals surface area (Å²) in [6.07, 6.45) is 1.41. The molecule has 0 saturated carbocycles. The van der Waals surface area contributed by atoms with Gasteiger partial charge in [-0.2, -0.15) is 0 Å². The van der Waals surface area contributed by atoms with E-state index in [-0.39, 0.29) is 22.9 Å². The Hall–Kier alpha value is -1.03. The molecule has 3 nitrogen and oxygen atoms in total. The SMILES string of the molecule is CC(C)(C)C1=C2SC(=O)C=C2C(=O)CO1. The van der Waals surface area contributed by atoms with Crippen molar-refractivity contribution in [2.24, 2.45) is 5.41 Å². The molecule has 4 heteroatoms. The monoisotopic (exact) mass is 224 g/mol. The van der Waals surface area contributed by atoms with Gasteiger partial charge in [0.1, 0.15) is 5.76 Å². The molecular weight excluding hydrogens is 212 g/mol. The van der Waals surface area contributed by atoms with Gasteiger partial charge in [-0.25, -0.2) is 0 Å². The third-order valence-electron chi connectivity index (χ3n) is 2.24. The van der Waals surface area contributed by atoms with Crippen LogP contribution in [0.3, 0.4) is 0 Å². The summed E-state index contributed by atoms with van der Waals surface area (Å²) < 4.78 is 5.43. The van der Waals surface area contributed by atoms with Crippen molar-refractivity contribution in [3.8, 4) is 0 Å². The van der Waals surface area contributed by atoms with Crippen molar-refractivity contribution in [2.45, 2.75) is 20.8 Å². The van der Waals surface area contributed by atoms with Gasteiger partial charge in [-0.15, -0.1) is 0 Å². The standard InChI is InChI=1S/C11H12O3S/c1-11(2,3)10-9-6(4-8(13)15-9)7(12)5-14-10/h4H,5H2,1-3H3. The van der Waals surface area contributed by atoms with Crippen LogP contribution in [0, 0.1) is 5.41 Å². The van der Waals surface area contributed by atoms with Gasteiger partial charge in [-0.1, -0.05) is 20.8 Å². The highest BCUT2D eigenvalue weighted by molar-refractivity contribution is 8.18. The Bertz CT molecular complexity index is 410. The molecule has 0 aliphatic carbocycles. The molecule has 0 amide bonds. The second-order valence-electron chi connectivity index (χ2n) is 4.60. The summed E-state index contributed by atoms with van der Waals surface area (Å²) in [7, 11) is 0. The number of rotatable bonds is 0. The number of ether oxygens (including phenoxy) is 1. The van der Waals surface area contributed by atoms with Gasteiger partial charge in [-0.3, -0.25) is 9.59 Å². The Morgan fingerprint density at radius 3 is 2.60 bits per heavy atom. The van der Waals surface area contributed by atoms with Gasteiger partial charge >= 0.3 is 0 Å². The lowest BCUT2D eigenvalue weighted by Crippen LogP contribution is -2.24. The van der Waals surface area contributed by atoms with Gasteiger partial charge in [0.2, 0.25) is 10.9 Å². The third-order valence-corrected chi connectivity index (χ3v) is 3.17. The van der Waals surface area contributed by atoms with Crippen molar-refractivity contribution < 1.29 is 14.3 Å². The third kappa shape index (κ3) is 1.74.